The molecule has 1 aromatic rings. The van der Waals surface area contributed by atoms with Crippen molar-refractivity contribution in [1.82, 2.24) is 0 Å². The Morgan fingerprint density at radius 3 is 2.07 bits per heavy atom. The summed E-state index contributed by atoms with van der Waals surface area (Å²) in [5.74, 6) is -0.930. The monoisotopic (exact) mass is 212 g/mol. The average molecular weight is 212 g/mol. The number of hydrogen-bond donors (Lipinski definition) is 2. The van der Waals surface area contributed by atoms with Crippen LogP contribution >= 0.6 is 0 Å². The first-order valence-electron chi connectivity index (χ1n) is 4.20. The summed E-state index contributed by atoms with van der Waals surface area (Å²) in [5, 5.41) is 18.9. The molecule has 5 nitrogen and oxygen atoms in total. The Bertz CT molecular complexity index is 397. The van der Waals surface area contributed by atoms with Gasteiger partial charge in [-0.3, -0.25) is 4.79 Å². The van der Waals surface area contributed by atoms with Crippen LogP contribution in [0, 0.1) is 0 Å². The second-order valence-corrected chi connectivity index (χ2v) is 2.91. The molecule has 0 amide bonds. The van der Waals surface area contributed by atoms with Crippen LogP contribution in [0.3, 0.4) is 0 Å². The minimum absolute atomic E-state index is 0.00727. The zero-order chi connectivity index (χ0) is 11.6. The second-order valence-electron chi connectivity index (χ2n) is 2.91. The number of benzene rings is 1. The van der Waals surface area contributed by atoms with Crippen LogP contribution in [-0.4, -0.2) is 30.2 Å². The summed E-state index contributed by atoms with van der Waals surface area (Å²) in [7, 11) is 2.65. The third-order valence-corrected chi connectivity index (χ3v) is 1.96. The molecule has 2 N–H and O–H groups in total. The summed E-state index contributed by atoms with van der Waals surface area (Å²) >= 11 is 0. The molecule has 0 aliphatic heterocycles. The van der Waals surface area contributed by atoms with Crippen LogP contribution in [0.2, 0.25) is 0 Å². The summed E-state index contributed by atoms with van der Waals surface area (Å²) < 4.78 is 9.80. The van der Waals surface area contributed by atoms with Gasteiger partial charge in [0.25, 0.3) is 0 Å². The van der Waals surface area contributed by atoms with Crippen LogP contribution in [0.1, 0.15) is 17.3 Å². The Morgan fingerprint density at radius 1 is 1.13 bits per heavy atom. The molecule has 1 rings (SSSR count). The predicted molar refractivity (Wildman–Crippen MR) is 52.9 cm³/mol. The molecule has 15 heavy (non-hydrogen) atoms. The Kier molecular flexibility index (Phi) is 3.04. The third kappa shape index (κ3) is 1.81. The van der Waals surface area contributed by atoms with Gasteiger partial charge >= 0.3 is 0 Å². The zero-order valence-electron chi connectivity index (χ0n) is 8.70. The molecule has 0 aliphatic carbocycles. The van der Waals surface area contributed by atoms with Gasteiger partial charge in [0.15, 0.2) is 17.3 Å². The number of phenols is 2. The van der Waals surface area contributed by atoms with E-state index in [4.69, 9.17) is 9.47 Å². The van der Waals surface area contributed by atoms with E-state index in [1.165, 1.54) is 21.1 Å². The number of ether oxygens (including phenoxy) is 2. The number of carbonyl (C=O) groups is 1. The number of phenolic OH excluding ortho intramolecular Hbond substituents is 2. The van der Waals surface area contributed by atoms with Gasteiger partial charge in [-0.15, -0.1) is 0 Å². The van der Waals surface area contributed by atoms with E-state index < -0.39 is 0 Å². The lowest BCUT2D eigenvalue weighted by molar-refractivity contribution is 0.101. The molecule has 0 atom stereocenters. The molecule has 5 heteroatoms. The summed E-state index contributed by atoms with van der Waals surface area (Å²) in [6, 6.07) is 1.04. The van der Waals surface area contributed by atoms with Gasteiger partial charge in [0.05, 0.1) is 14.2 Å². The first kappa shape index (κ1) is 11.2. The topological polar surface area (TPSA) is 76.0 Å². The third-order valence-electron chi connectivity index (χ3n) is 1.96. The minimum Gasteiger partial charge on any atom is -0.507 e. The zero-order valence-corrected chi connectivity index (χ0v) is 8.70. The van der Waals surface area contributed by atoms with Crippen molar-refractivity contribution < 1.29 is 24.5 Å². The number of ketones is 1. The SMILES string of the molecule is COc1c(O)cc(O)c(C(C)=O)c1OC. The average Bonchev–Trinajstić information content (AvgIpc) is 2.15. The number of Topliss-reactive ketones (excluding diaryl/α,β-unsaturated/α-hetero) is 1. The standard InChI is InChI=1S/C10H12O5/c1-5(11)8-6(12)4-7(13)9(14-2)10(8)15-3/h4,12-13H,1-3H3. The fourth-order valence-corrected chi connectivity index (χ4v) is 1.35. The van der Waals surface area contributed by atoms with E-state index in [0.29, 0.717) is 0 Å². The summed E-state index contributed by atoms with van der Waals surface area (Å²) in [4.78, 5) is 11.2. The summed E-state index contributed by atoms with van der Waals surface area (Å²) in [6.45, 7) is 1.29. The molecule has 1 aromatic carbocycles. The van der Waals surface area contributed by atoms with Crippen molar-refractivity contribution in [2.75, 3.05) is 14.2 Å². The van der Waals surface area contributed by atoms with Crippen molar-refractivity contribution in [2.45, 2.75) is 6.92 Å². The number of rotatable bonds is 3. The van der Waals surface area contributed by atoms with E-state index in [-0.39, 0.29) is 34.3 Å². The van der Waals surface area contributed by atoms with Gasteiger partial charge in [0.1, 0.15) is 11.3 Å². The van der Waals surface area contributed by atoms with Crippen molar-refractivity contribution in [3.05, 3.63) is 11.6 Å². The van der Waals surface area contributed by atoms with E-state index in [9.17, 15) is 15.0 Å². The lowest BCUT2D eigenvalue weighted by Crippen LogP contribution is -2.01. The Hall–Kier alpha value is -1.91. The van der Waals surface area contributed by atoms with Gasteiger partial charge in [0, 0.05) is 6.07 Å². The highest BCUT2D eigenvalue weighted by molar-refractivity contribution is 6.01. The second kappa shape index (κ2) is 4.08. The molecule has 0 unspecified atom stereocenters. The molecule has 0 saturated carbocycles. The summed E-state index contributed by atoms with van der Waals surface area (Å²) in [6.07, 6.45) is 0. The van der Waals surface area contributed by atoms with E-state index in [1.807, 2.05) is 0 Å². The molecule has 0 fully saturated rings. The number of aromatic hydroxyl groups is 2. The van der Waals surface area contributed by atoms with Crippen LogP contribution in [0.4, 0.5) is 0 Å². The van der Waals surface area contributed by atoms with E-state index in [1.54, 1.807) is 0 Å². The molecule has 0 radical (unpaired) electrons. The Labute approximate surface area is 86.9 Å². The number of methoxy groups -OCH3 is 2. The fraction of sp³-hybridized carbons (Fsp3) is 0.300. The molecule has 0 aromatic heterocycles. The van der Waals surface area contributed by atoms with Crippen molar-refractivity contribution in [1.29, 1.82) is 0 Å². The molecule has 0 heterocycles. The van der Waals surface area contributed by atoms with Crippen LogP contribution < -0.4 is 9.47 Å². The van der Waals surface area contributed by atoms with E-state index in [0.717, 1.165) is 6.07 Å². The van der Waals surface area contributed by atoms with Crippen molar-refractivity contribution in [3.63, 3.8) is 0 Å². The number of hydrogen-bond acceptors (Lipinski definition) is 5. The molecule has 0 spiro atoms. The molecule has 0 bridgehead atoms. The van der Waals surface area contributed by atoms with Crippen molar-refractivity contribution in [2.24, 2.45) is 0 Å². The van der Waals surface area contributed by atoms with Crippen LogP contribution in [0.25, 0.3) is 0 Å². The van der Waals surface area contributed by atoms with Gasteiger partial charge < -0.3 is 19.7 Å². The fourth-order valence-electron chi connectivity index (χ4n) is 1.35. The van der Waals surface area contributed by atoms with Crippen LogP contribution in [0.5, 0.6) is 23.0 Å². The Morgan fingerprint density at radius 2 is 1.67 bits per heavy atom. The molecular formula is C10H12O5. The highest BCUT2D eigenvalue weighted by Crippen LogP contribution is 2.44. The van der Waals surface area contributed by atoms with Gasteiger partial charge in [0.2, 0.25) is 5.75 Å². The predicted octanol–water partition coefficient (Wildman–Crippen LogP) is 1.32. The van der Waals surface area contributed by atoms with Gasteiger partial charge in [-0.05, 0) is 6.92 Å². The highest BCUT2D eigenvalue weighted by Gasteiger charge is 2.22. The minimum atomic E-state index is -0.373. The van der Waals surface area contributed by atoms with Crippen LogP contribution in [-0.2, 0) is 0 Å². The molecule has 82 valence electrons. The highest BCUT2D eigenvalue weighted by atomic mass is 16.5. The van der Waals surface area contributed by atoms with E-state index >= 15 is 0 Å². The van der Waals surface area contributed by atoms with Gasteiger partial charge in [-0.2, -0.15) is 0 Å². The van der Waals surface area contributed by atoms with Crippen LogP contribution in [0.15, 0.2) is 6.07 Å². The quantitative estimate of drug-likeness (QED) is 0.739. The first-order valence-corrected chi connectivity index (χ1v) is 4.20. The maximum Gasteiger partial charge on any atom is 0.204 e. The van der Waals surface area contributed by atoms with Gasteiger partial charge in [-0.1, -0.05) is 0 Å². The van der Waals surface area contributed by atoms with E-state index in [2.05, 4.69) is 0 Å². The molecular weight excluding hydrogens is 200 g/mol. The van der Waals surface area contributed by atoms with Gasteiger partial charge in [-0.25, -0.2) is 0 Å². The van der Waals surface area contributed by atoms with Crippen molar-refractivity contribution in [3.8, 4) is 23.0 Å². The summed E-state index contributed by atoms with van der Waals surface area (Å²) in [5.41, 5.74) is -0.00727. The number of carbonyl (C=O) groups excluding carboxylic acids is 1. The maximum atomic E-state index is 11.2. The Balaban J connectivity index is 3.56. The normalized spacial score (nSPS) is 9.80. The maximum absolute atomic E-state index is 11.2. The molecule has 0 saturated heterocycles. The van der Waals surface area contributed by atoms with Crippen molar-refractivity contribution >= 4 is 5.78 Å². The largest absolute Gasteiger partial charge is 0.507 e. The molecule has 0 aliphatic rings. The smallest absolute Gasteiger partial charge is 0.204 e. The lowest BCUT2D eigenvalue weighted by Gasteiger charge is -2.13. The lowest BCUT2D eigenvalue weighted by atomic mass is 10.1. The first-order chi connectivity index (χ1) is 7.02.